The van der Waals surface area contributed by atoms with Crippen LogP contribution in [0.4, 0.5) is 4.79 Å². The van der Waals surface area contributed by atoms with Gasteiger partial charge < -0.3 is 20.5 Å². The number of carbonyl (C=O) groups excluding carboxylic acids is 2. The lowest BCUT2D eigenvalue weighted by Crippen LogP contribution is -2.48. The number of carboxylic acid groups (broad SMARTS) is 1. The Bertz CT molecular complexity index is 1100. The number of rotatable bonds is 7. The number of alkyl carbamates (subject to hydrolysis) is 1. The molecule has 0 heterocycles. The molecule has 0 saturated heterocycles. The maximum atomic E-state index is 12.9. The molecule has 0 aromatic heterocycles. The fourth-order valence-corrected chi connectivity index (χ4v) is 5.89. The Morgan fingerprint density at radius 2 is 1.65 bits per heavy atom. The third-order valence-electron chi connectivity index (χ3n) is 7.75. The molecule has 2 fully saturated rings. The third kappa shape index (κ3) is 3.83. The van der Waals surface area contributed by atoms with E-state index in [4.69, 9.17) is 4.74 Å². The van der Waals surface area contributed by atoms with Crippen molar-refractivity contribution < 1.29 is 24.2 Å². The van der Waals surface area contributed by atoms with E-state index in [-0.39, 0.29) is 36.3 Å². The summed E-state index contributed by atoms with van der Waals surface area (Å²) in [7, 11) is 0. The zero-order chi connectivity index (χ0) is 24.0. The summed E-state index contributed by atoms with van der Waals surface area (Å²) in [6, 6.07) is 15.3. The van der Waals surface area contributed by atoms with Crippen molar-refractivity contribution >= 4 is 18.0 Å². The van der Waals surface area contributed by atoms with Gasteiger partial charge in [0.25, 0.3) is 0 Å². The monoisotopic (exact) mass is 462 g/mol. The van der Waals surface area contributed by atoms with Crippen molar-refractivity contribution in [3.8, 4) is 11.1 Å². The second-order valence-corrected chi connectivity index (χ2v) is 10.2. The van der Waals surface area contributed by atoms with Gasteiger partial charge in [0.1, 0.15) is 12.6 Å². The molecule has 0 spiro atoms. The Hall–Kier alpha value is -3.35. The van der Waals surface area contributed by atoms with E-state index in [0.717, 1.165) is 17.5 Å². The van der Waals surface area contributed by atoms with E-state index in [1.54, 1.807) is 13.8 Å². The first kappa shape index (κ1) is 22.4. The second-order valence-electron chi connectivity index (χ2n) is 10.2. The van der Waals surface area contributed by atoms with Gasteiger partial charge in [0.15, 0.2) is 0 Å². The highest BCUT2D eigenvalue weighted by Crippen LogP contribution is 2.63. The maximum Gasteiger partial charge on any atom is 0.407 e. The van der Waals surface area contributed by atoms with Gasteiger partial charge in [-0.3, -0.25) is 4.79 Å². The highest BCUT2D eigenvalue weighted by Gasteiger charge is 2.65. The number of hydrogen-bond donors (Lipinski definition) is 3. The number of fused-ring (bicyclic) bond motifs is 4. The standard InChI is InChI=1S/C27H30N2O5/c1-15(2)23(24(30)31)29-25(32)27-12-16(27)11-17(13-27)28-26(33)34-14-22-20-9-5-3-7-18(20)19-8-4-6-10-21(19)22/h3-10,15-17,22-23H,11-14H2,1-2H3,(H,28,33)(H,29,32)(H,30,31)/t16-,17+,23-,27+/m1/s1. The van der Waals surface area contributed by atoms with Crippen LogP contribution in [0, 0.1) is 17.3 Å². The van der Waals surface area contributed by atoms with Crippen molar-refractivity contribution in [2.24, 2.45) is 17.3 Å². The smallest absolute Gasteiger partial charge is 0.407 e. The van der Waals surface area contributed by atoms with Crippen LogP contribution in [0.15, 0.2) is 48.5 Å². The number of carboxylic acids is 1. The van der Waals surface area contributed by atoms with E-state index < -0.39 is 23.5 Å². The Kier molecular flexibility index (Phi) is 5.58. The molecule has 7 nitrogen and oxygen atoms in total. The maximum absolute atomic E-state index is 12.9. The molecular weight excluding hydrogens is 432 g/mol. The number of nitrogens with one attached hydrogen (secondary N) is 2. The van der Waals surface area contributed by atoms with Crippen LogP contribution >= 0.6 is 0 Å². The van der Waals surface area contributed by atoms with Crippen molar-refractivity contribution in [3.05, 3.63) is 59.7 Å². The Morgan fingerprint density at radius 1 is 1.03 bits per heavy atom. The fraction of sp³-hybridized carbons (Fsp3) is 0.444. The summed E-state index contributed by atoms with van der Waals surface area (Å²) < 4.78 is 5.64. The summed E-state index contributed by atoms with van der Waals surface area (Å²) in [6.45, 7) is 3.80. The average molecular weight is 463 g/mol. The number of amides is 2. The van der Waals surface area contributed by atoms with E-state index in [0.29, 0.717) is 12.8 Å². The van der Waals surface area contributed by atoms with E-state index in [2.05, 4.69) is 34.9 Å². The zero-order valence-corrected chi connectivity index (χ0v) is 19.4. The first-order valence-corrected chi connectivity index (χ1v) is 12.0. The van der Waals surface area contributed by atoms with Crippen molar-refractivity contribution in [2.45, 2.75) is 51.1 Å². The summed E-state index contributed by atoms with van der Waals surface area (Å²) in [5, 5.41) is 15.0. The van der Waals surface area contributed by atoms with Crippen molar-refractivity contribution in [1.29, 1.82) is 0 Å². The molecule has 3 aliphatic rings. The lowest BCUT2D eigenvalue weighted by Gasteiger charge is -2.22. The average Bonchev–Trinajstić information content (AvgIpc) is 3.24. The van der Waals surface area contributed by atoms with Gasteiger partial charge in [-0.25, -0.2) is 9.59 Å². The first-order valence-electron chi connectivity index (χ1n) is 12.0. The molecule has 0 radical (unpaired) electrons. The van der Waals surface area contributed by atoms with Gasteiger partial charge in [0.05, 0.1) is 5.41 Å². The minimum Gasteiger partial charge on any atom is -0.480 e. The molecule has 0 aliphatic heterocycles. The predicted octanol–water partition coefficient (Wildman–Crippen LogP) is 3.92. The van der Waals surface area contributed by atoms with Gasteiger partial charge >= 0.3 is 12.1 Å². The van der Waals surface area contributed by atoms with Crippen LogP contribution in [0.5, 0.6) is 0 Å². The van der Waals surface area contributed by atoms with Gasteiger partial charge in [-0.2, -0.15) is 0 Å². The summed E-state index contributed by atoms with van der Waals surface area (Å²) in [4.78, 5) is 37.0. The molecule has 2 amide bonds. The molecule has 2 saturated carbocycles. The van der Waals surface area contributed by atoms with E-state index >= 15 is 0 Å². The summed E-state index contributed by atoms with van der Waals surface area (Å²) in [6.07, 6.45) is 1.48. The van der Waals surface area contributed by atoms with Crippen LogP contribution in [0.3, 0.4) is 0 Å². The Balaban J connectivity index is 1.17. The van der Waals surface area contributed by atoms with E-state index in [1.165, 1.54) is 11.1 Å². The molecule has 5 rings (SSSR count). The summed E-state index contributed by atoms with van der Waals surface area (Å²) in [5.41, 5.74) is 4.11. The lowest BCUT2D eigenvalue weighted by atomic mass is 9.98. The van der Waals surface area contributed by atoms with Gasteiger partial charge in [0.2, 0.25) is 5.91 Å². The molecule has 2 aromatic rings. The number of aliphatic carboxylic acids is 1. The van der Waals surface area contributed by atoms with Gasteiger partial charge in [-0.15, -0.1) is 0 Å². The zero-order valence-electron chi connectivity index (χ0n) is 19.4. The van der Waals surface area contributed by atoms with Crippen LogP contribution in [-0.4, -0.2) is 41.8 Å². The van der Waals surface area contributed by atoms with Crippen molar-refractivity contribution in [3.63, 3.8) is 0 Å². The molecule has 0 bridgehead atoms. The molecular formula is C27H30N2O5. The van der Waals surface area contributed by atoms with Gasteiger partial charge in [-0.1, -0.05) is 62.4 Å². The third-order valence-corrected chi connectivity index (χ3v) is 7.75. The largest absolute Gasteiger partial charge is 0.480 e. The quantitative estimate of drug-likeness (QED) is 0.579. The first-order chi connectivity index (χ1) is 16.3. The van der Waals surface area contributed by atoms with Crippen LogP contribution < -0.4 is 10.6 Å². The highest BCUT2D eigenvalue weighted by atomic mass is 16.5. The molecule has 0 unspecified atom stereocenters. The number of carbonyl (C=O) groups is 3. The number of hydrogen-bond acceptors (Lipinski definition) is 4. The second kappa shape index (κ2) is 8.46. The minimum atomic E-state index is -1.02. The lowest BCUT2D eigenvalue weighted by molar-refractivity contribution is -0.144. The molecule has 34 heavy (non-hydrogen) atoms. The molecule has 3 aliphatic carbocycles. The highest BCUT2D eigenvalue weighted by molar-refractivity contribution is 5.90. The molecule has 2 aromatic carbocycles. The predicted molar refractivity (Wildman–Crippen MR) is 126 cm³/mol. The van der Waals surface area contributed by atoms with Gasteiger partial charge in [-0.05, 0) is 53.4 Å². The summed E-state index contributed by atoms with van der Waals surface area (Å²) >= 11 is 0. The molecule has 3 N–H and O–H groups in total. The SMILES string of the molecule is CC(C)[C@@H](NC(=O)[C@@]12C[C@@H](NC(=O)OCC3c4ccccc4-c4ccccc43)C[C@@H]1C2)C(=O)O. The van der Waals surface area contributed by atoms with Crippen LogP contribution in [0.25, 0.3) is 11.1 Å². The van der Waals surface area contributed by atoms with Crippen LogP contribution in [-0.2, 0) is 14.3 Å². The molecule has 4 atom stereocenters. The van der Waals surface area contributed by atoms with Crippen molar-refractivity contribution in [1.82, 2.24) is 10.6 Å². The Labute approximate surface area is 198 Å². The number of benzene rings is 2. The molecule has 7 heteroatoms. The topological polar surface area (TPSA) is 105 Å². The van der Waals surface area contributed by atoms with E-state index in [1.807, 2.05) is 24.3 Å². The normalized spacial score (nSPS) is 25.1. The molecule has 178 valence electrons. The fourth-order valence-electron chi connectivity index (χ4n) is 5.89. The minimum absolute atomic E-state index is 0.00348. The number of ether oxygens (including phenoxy) is 1. The van der Waals surface area contributed by atoms with Gasteiger partial charge in [0, 0.05) is 12.0 Å². The van der Waals surface area contributed by atoms with E-state index in [9.17, 15) is 19.5 Å². The van der Waals surface area contributed by atoms with Crippen LogP contribution in [0.1, 0.15) is 50.2 Å². The summed E-state index contributed by atoms with van der Waals surface area (Å²) in [5.74, 6) is -1.27. The van der Waals surface area contributed by atoms with Crippen molar-refractivity contribution in [2.75, 3.05) is 6.61 Å². The van der Waals surface area contributed by atoms with Crippen LogP contribution in [0.2, 0.25) is 0 Å². The Morgan fingerprint density at radius 3 is 2.24 bits per heavy atom.